The van der Waals surface area contributed by atoms with Crippen LogP contribution in [0, 0.1) is 31.6 Å². The summed E-state index contributed by atoms with van der Waals surface area (Å²) >= 11 is 3.75. The Bertz CT molecular complexity index is 1650. The van der Waals surface area contributed by atoms with Gasteiger partial charge in [-0.25, -0.2) is 0 Å². The number of likely N-dealkylation sites (tertiary alicyclic amines) is 1. The summed E-state index contributed by atoms with van der Waals surface area (Å²) in [5, 5.41) is 13.6. The first-order valence-electron chi connectivity index (χ1n) is 17.7. The molecule has 51 heavy (non-hydrogen) atoms. The summed E-state index contributed by atoms with van der Waals surface area (Å²) in [5.74, 6) is -3.96. The first-order valence-corrected chi connectivity index (χ1v) is 18.6. The van der Waals surface area contributed by atoms with Crippen LogP contribution in [0.1, 0.15) is 62.8 Å². The second-order valence-electron chi connectivity index (χ2n) is 14.4. The number of anilines is 1. The Kier molecular flexibility index (Phi) is 11.9. The highest BCUT2D eigenvalue weighted by molar-refractivity contribution is 9.09. The van der Waals surface area contributed by atoms with Crippen LogP contribution in [0.4, 0.5) is 5.69 Å². The van der Waals surface area contributed by atoms with Crippen molar-refractivity contribution in [2.24, 2.45) is 17.8 Å². The number of carbonyl (C=O) groups excluding carboxylic acids is 4. The molecular weight excluding hydrogens is 714 g/mol. The number of alkyl halides is 1. The fourth-order valence-corrected chi connectivity index (χ4v) is 9.07. The molecule has 9 atom stereocenters. The van der Waals surface area contributed by atoms with E-state index in [0.29, 0.717) is 24.1 Å². The molecular formula is C40H50BrN3O7. The van der Waals surface area contributed by atoms with Crippen LogP contribution < -0.4 is 10.2 Å². The monoisotopic (exact) mass is 763 g/mol. The highest BCUT2D eigenvalue weighted by atomic mass is 79.9. The Balaban J connectivity index is 1.56. The van der Waals surface area contributed by atoms with Gasteiger partial charge in [0.05, 0.1) is 36.6 Å². The third-order valence-electron chi connectivity index (χ3n) is 10.6. The molecule has 3 fully saturated rings. The van der Waals surface area contributed by atoms with Gasteiger partial charge in [0.25, 0.3) is 5.91 Å². The van der Waals surface area contributed by atoms with Crippen LogP contribution in [0.25, 0.3) is 0 Å². The average Bonchev–Trinajstić information content (AvgIpc) is 3.69. The smallest absolute Gasteiger partial charge is 0.313 e. The van der Waals surface area contributed by atoms with Crippen molar-refractivity contribution in [3.8, 4) is 0 Å². The lowest BCUT2D eigenvalue weighted by Gasteiger charge is -2.40. The molecule has 3 aliphatic heterocycles. The molecule has 3 aliphatic rings. The summed E-state index contributed by atoms with van der Waals surface area (Å²) in [6.45, 7) is 16.8. The molecule has 0 saturated carbocycles. The number of allylic oxidation sites excluding steroid dienone is 1. The molecule has 1 spiro atoms. The van der Waals surface area contributed by atoms with Crippen molar-refractivity contribution in [3.05, 3.63) is 90.5 Å². The first-order chi connectivity index (χ1) is 24.3. The topological polar surface area (TPSA) is 125 Å². The van der Waals surface area contributed by atoms with E-state index in [1.54, 1.807) is 24.0 Å². The number of nitrogens with one attached hydrogen (secondary N) is 1. The van der Waals surface area contributed by atoms with E-state index < -0.39 is 59.6 Å². The Morgan fingerprint density at radius 1 is 1.14 bits per heavy atom. The van der Waals surface area contributed by atoms with E-state index in [9.17, 15) is 19.5 Å². The quantitative estimate of drug-likeness (QED) is 0.143. The largest absolute Gasteiger partial charge is 0.455 e. The van der Waals surface area contributed by atoms with Gasteiger partial charge in [0, 0.05) is 23.5 Å². The van der Waals surface area contributed by atoms with Crippen molar-refractivity contribution < 1.29 is 33.8 Å². The van der Waals surface area contributed by atoms with Gasteiger partial charge in [-0.1, -0.05) is 84.4 Å². The lowest BCUT2D eigenvalue weighted by molar-refractivity contribution is -0.162. The second-order valence-corrected chi connectivity index (χ2v) is 15.6. The van der Waals surface area contributed by atoms with Gasteiger partial charge in [0.1, 0.15) is 17.7 Å². The lowest BCUT2D eigenvalue weighted by Crippen LogP contribution is -2.60. The van der Waals surface area contributed by atoms with E-state index in [1.165, 1.54) is 4.90 Å². The lowest BCUT2D eigenvalue weighted by atomic mass is 9.70. The average molecular weight is 765 g/mol. The maximum Gasteiger partial charge on any atom is 0.313 e. The number of aryl methyl sites for hydroxylation is 2. The number of hydrogen-bond acceptors (Lipinski definition) is 7. The van der Waals surface area contributed by atoms with Crippen LogP contribution in [0.3, 0.4) is 0 Å². The number of aliphatic hydroxyl groups excluding tert-OH is 1. The zero-order chi connectivity index (χ0) is 37.2. The van der Waals surface area contributed by atoms with E-state index in [-0.39, 0.29) is 42.1 Å². The summed E-state index contributed by atoms with van der Waals surface area (Å²) in [4.78, 5) is 59.9. The molecule has 1 unspecified atom stereocenters. The summed E-state index contributed by atoms with van der Waals surface area (Å²) in [5.41, 5.74) is 1.83. The summed E-state index contributed by atoms with van der Waals surface area (Å²) < 4.78 is 13.1. The molecule has 2 bridgehead atoms. The number of nitrogens with zero attached hydrogens (tertiary/aromatic N) is 2. The molecule has 2 aromatic carbocycles. The molecule has 0 radical (unpaired) electrons. The number of fused-ring (bicyclic) bond motifs is 1. The van der Waals surface area contributed by atoms with E-state index in [2.05, 4.69) is 34.4 Å². The predicted molar refractivity (Wildman–Crippen MR) is 199 cm³/mol. The van der Waals surface area contributed by atoms with E-state index in [1.807, 2.05) is 76.2 Å². The Labute approximate surface area is 309 Å². The van der Waals surface area contributed by atoms with Gasteiger partial charge in [0.2, 0.25) is 11.8 Å². The molecule has 11 heteroatoms. The van der Waals surface area contributed by atoms with Crippen molar-refractivity contribution in [2.75, 3.05) is 18.1 Å². The van der Waals surface area contributed by atoms with Crippen molar-refractivity contribution in [1.29, 1.82) is 0 Å². The number of benzene rings is 2. The SMILES string of the molecule is C=CCCC(=O)N[C@H](C)[C@@H](OC(=O)[C@H]1[C@@H]2O[C@@]3(CC2Br)[C@@H]1C(=O)N([C@@H](CO)C(C)C)[C@@H]3C(=O)N(CC=C)c1cc(C)ccc1C)c1ccccc1. The fourth-order valence-electron chi connectivity index (χ4n) is 8.13. The third kappa shape index (κ3) is 7.17. The molecule has 2 N–H and O–H groups in total. The maximum absolute atomic E-state index is 15.1. The minimum absolute atomic E-state index is 0.176. The van der Waals surface area contributed by atoms with Gasteiger partial charge < -0.3 is 29.7 Å². The number of rotatable bonds is 15. The number of ether oxygens (including phenoxy) is 2. The molecule has 0 aliphatic carbocycles. The standard InChI is InChI=1S/C40H50BrN3O7/c1-8-10-16-31(46)42-26(7)34(27-14-12-11-13-15-27)50-39(49)32-33-37(47)44(30(22-45)23(3)4)36(40(33)21-28(41)35(32)51-40)38(48)43(19-9-2)29-20-24(5)17-18-25(29)6/h8-9,11-15,17-18,20,23,26,28,30,32-36,45H,1-2,10,16,19,21-22H2,3-7H3,(H,42,46)/t26-,28?,30+,32-,33+,34-,35-,36-,40+/m1/s1. The van der Waals surface area contributed by atoms with Crippen LogP contribution >= 0.6 is 15.9 Å². The fraction of sp³-hybridized carbons (Fsp3) is 0.500. The van der Waals surface area contributed by atoms with Crippen LogP contribution in [0.2, 0.25) is 0 Å². The van der Waals surface area contributed by atoms with Crippen LogP contribution in [-0.4, -0.2) is 81.5 Å². The summed E-state index contributed by atoms with van der Waals surface area (Å²) in [6.07, 6.45) is 2.73. The minimum Gasteiger partial charge on any atom is -0.455 e. The number of esters is 1. The highest BCUT2D eigenvalue weighted by Crippen LogP contribution is 2.61. The summed E-state index contributed by atoms with van der Waals surface area (Å²) in [7, 11) is 0. The third-order valence-corrected chi connectivity index (χ3v) is 11.4. The van der Waals surface area contributed by atoms with Gasteiger partial charge in [0.15, 0.2) is 0 Å². The molecule has 2 aromatic rings. The molecule has 5 rings (SSSR count). The molecule has 3 saturated heterocycles. The van der Waals surface area contributed by atoms with Crippen molar-refractivity contribution in [1.82, 2.24) is 10.2 Å². The van der Waals surface area contributed by atoms with E-state index in [0.717, 1.165) is 11.1 Å². The number of halogens is 1. The van der Waals surface area contributed by atoms with E-state index >= 15 is 4.79 Å². The molecule has 0 aromatic heterocycles. The molecule has 10 nitrogen and oxygen atoms in total. The van der Waals surface area contributed by atoms with Crippen LogP contribution in [-0.2, 0) is 28.7 Å². The highest BCUT2D eigenvalue weighted by Gasteiger charge is 2.78. The van der Waals surface area contributed by atoms with Gasteiger partial charge in [-0.2, -0.15) is 0 Å². The Hall–Kier alpha value is -3.80. The van der Waals surface area contributed by atoms with Gasteiger partial charge in [-0.05, 0) is 62.3 Å². The maximum atomic E-state index is 15.1. The second kappa shape index (κ2) is 15.8. The zero-order valence-corrected chi connectivity index (χ0v) is 31.7. The first kappa shape index (κ1) is 38.4. The number of carbonyl (C=O) groups is 4. The normalized spacial score (nSPS) is 26.7. The van der Waals surface area contributed by atoms with Gasteiger partial charge in [-0.3, -0.25) is 19.2 Å². The summed E-state index contributed by atoms with van der Waals surface area (Å²) in [6, 6.07) is 12.5. The molecule has 3 heterocycles. The van der Waals surface area contributed by atoms with Crippen LogP contribution in [0.15, 0.2) is 73.8 Å². The number of aliphatic hydroxyl groups is 1. The van der Waals surface area contributed by atoms with Crippen molar-refractivity contribution in [3.63, 3.8) is 0 Å². The van der Waals surface area contributed by atoms with E-state index in [4.69, 9.17) is 9.47 Å². The minimum atomic E-state index is -1.37. The number of amides is 3. The number of hydrogen-bond donors (Lipinski definition) is 2. The van der Waals surface area contributed by atoms with Gasteiger partial charge >= 0.3 is 5.97 Å². The van der Waals surface area contributed by atoms with Crippen molar-refractivity contribution >= 4 is 45.3 Å². The molecule has 274 valence electrons. The zero-order valence-electron chi connectivity index (χ0n) is 30.1. The van der Waals surface area contributed by atoms with Crippen molar-refractivity contribution in [2.45, 2.75) is 94.6 Å². The van der Waals surface area contributed by atoms with Crippen LogP contribution in [0.5, 0.6) is 0 Å². The Morgan fingerprint density at radius 2 is 1.84 bits per heavy atom. The Morgan fingerprint density at radius 3 is 2.47 bits per heavy atom. The molecule has 3 amide bonds. The predicted octanol–water partition coefficient (Wildman–Crippen LogP) is 5.34. The van der Waals surface area contributed by atoms with Gasteiger partial charge in [-0.15, -0.1) is 13.2 Å².